The summed E-state index contributed by atoms with van der Waals surface area (Å²) in [5.74, 6) is 1.52. The lowest BCUT2D eigenvalue weighted by Gasteiger charge is -2.31. The Kier molecular flexibility index (Phi) is 7.51. The van der Waals surface area contributed by atoms with Gasteiger partial charge in [-0.1, -0.05) is 194 Å². The Labute approximate surface area is 343 Å². The third-order valence-corrected chi connectivity index (χ3v) is 12.5. The number of nitrogens with one attached hydrogen (secondary N) is 1. The summed E-state index contributed by atoms with van der Waals surface area (Å²) in [6.45, 7) is 0. The summed E-state index contributed by atoms with van der Waals surface area (Å²) in [5.41, 5.74) is 17.9. The molecule has 3 aliphatic rings. The van der Waals surface area contributed by atoms with Gasteiger partial charge in [0, 0.05) is 11.1 Å². The second kappa shape index (κ2) is 13.2. The fraction of sp³-hybridized carbons (Fsp3) is 0.0357. The molecule has 1 N–H and O–H groups in total. The minimum absolute atomic E-state index is 0.266. The first kappa shape index (κ1) is 33.5. The number of rotatable bonds is 5. The van der Waals surface area contributed by atoms with Crippen LogP contribution in [0.1, 0.15) is 45.1 Å². The van der Waals surface area contributed by atoms with Gasteiger partial charge in [-0.3, -0.25) is 0 Å². The third kappa shape index (κ3) is 5.08. The van der Waals surface area contributed by atoms with Crippen molar-refractivity contribution in [3.05, 3.63) is 251 Å². The van der Waals surface area contributed by atoms with Gasteiger partial charge in [0.2, 0.25) is 0 Å². The molecule has 1 heterocycles. The van der Waals surface area contributed by atoms with Gasteiger partial charge in [-0.15, -0.1) is 0 Å². The molecule has 2 aliphatic carbocycles. The molecule has 1 spiro atoms. The maximum atomic E-state index is 5.15. The van der Waals surface area contributed by atoms with Crippen LogP contribution in [0, 0.1) is 0 Å². The van der Waals surface area contributed by atoms with Gasteiger partial charge in [0.1, 0.15) is 12.0 Å². The second-order valence-electron chi connectivity index (χ2n) is 15.7. The average Bonchev–Trinajstić information content (AvgIpc) is 3.78. The summed E-state index contributed by atoms with van der Waals surface area (Å²) < 4.78 is 0. The normalized spacial score (nSPS) is 15.4. The average molecular weight is 752 g/mol. The molecule has 9 aromatic carbocycles. The molecule has 3 nitrogen and oxygen atoms in total. The van der Waals surface area contributed by atoms with E-state index in [1.165, 1.54) is 72.0 Å². The predicted octanol–water partition coefficient (Wildman–Crippen LogP) is 13.0. The first-order chi connectivity index (χ1) is 29.3. The predicted molar refractivity (Wildman–Crippen MR) is 243 cm³/mol. The zero-order valence-corrected chi connectivity index (χ0v) is 32.2. The van der Waals surface area contributed by atoms with Crippen LogP contribution in [0.15, 0.2) is 222 Å². The highest BCUT2D eigenvalue weighted by molar-refractivity contribution is 6.14. The van der Waals surface area contributed by atoms with Crippen molar-refractivity contribution in [1.82, 2.24) is 5.32 Å². The topological polar surface area (TPSA) is 36.8 Å². The third-order valence-electron chi connectivity index (χ3n) is 12.5. The molecule has 1 atom stereocenters. The lowest BCUT2D eigenvalue weighted by Crippen LogP contribution is -2.33. The lowest BCUT2D eigenvalue weighted by atomic mass is 9.69. The van der Waals surface area contributed by atoms with E-state index >= 15 is 0 Å². The number of nitrogens with zero attached hydrogens (tertiary/aromatic N) is 2. The van der Waals surface area contributed by atoms with Crippen molar-refractivity contribution in [2.45, 2.75) is 11.6 Å². The molecule has 0 amide bonds. The molecule has 0 saturated carbocycles. The van der Waals surface area contributed by atoms with Gasteiger partial charge >= 0.3 is 0 Å². The fourth-order valence-corrected chi connectivity index (χ4v) is 10.0. The number of fused-ring (bicyclic) bond motifs is 11. The van der Waals surface area contributed by atoms with E-state index in [1.54, 1.807) is 0 Å². The van der Waals surface area contributed by atoms with Crippen LogP contribution in [0.25, 0.3) is 55.3 Å². The zero-order chi connectivity index (χ0) is 38.9. The molecule has 0 radical (unpaired) electrons. The molecular weight excluding hydrogens is 715 g/mol. The number of benzene rings is 9. The van der Waals surface area contributed by atoms with Gasteiger partial charge in [0.05, 0.1) is 5.41 Å². The Balaban J connectivity index is 1.08. The van der Waals surface area contributed by atoms with Crippen LogP contribution in [0.2, 0.25) is 0 Å². The minimum atomic E-state index is -0.502. The monoisotopic (exact) mass is 751 g/mol. The summed E-state index contributed by atoms with van der Waals surface area (Å²) in [6, 6.07) is 77.1. The highest BCUT2D eigenvalue weighted by Gasteiger charge is 2.52. The van der Waals surface area contributed by atoms with E-state index in [0.717, 1.165) is 33.9 Å². The van der Waals surface area contributed by atoms with E-state index in [-0.39, 0.29) is 6.17 Å². The van der Waals surface area contributed by atoms with Crippen molar-refractivity contribution in [2.75, 3.05) is 0 Å². The van der Waals surface area contributed by atoms with Crippen LogP contribution < -0.4 is 5.32 Å². The van der Waals surface area contributed by atoms with Gasteiger partial charge in [-0.2, -0.15) is 0 Å². The van der Waals surface area contributed by atoms with E-state index in [9.17, 15) is 0 Å². The Morgan fingerprint density at radius 3 is 1.73 bits per heavy atom. The van der Waals surface area contributed by atoms with Crippen LogP contribution >= 0.6 is 0 Å². The van der Waals surface area contributed by atoms with Crippen molar-refractivity contribution in [3.63, 3.8) is 0 Å². The Hall–Kier alpha value is -7.62. The highest BCUT2D eigenvalue weighted by atomic mass is 15.2. The van der Waals surface area contributed by atoms with Crippen LogP contribution in [0.3, 0.4) is 0 Å². The van der Waals surface area contributed by atoms with Crippen molar-refractivity contribution >= 4 is 22.4 Å². The first-order valence-electron chi connectivity index (χ1n) is 20.4. The first-order valence-corrected chi connectivity index (χ1v) is 20.4. The number of amidine groups is 2. The molecule has 0 bridgehead atoms. The van der Waals surface area contributed by atoms with Crippen molar-refractivity contribution in [1.29, 1.82) is 0 Å². The Morgan fingerprint density at radius 2 is 0.983 bits per heavy atom. The smallest absolute Gasteiger partial charge is 0.159 e. The van der Waals surface area contributed by atoms with Crippen molar-refractivity contribution in [3.8, 4) is 44.5 Å². The van der Waals surface area contributed by atoms with E-state index in [4.69, 9.17) is 9.98 Å². The number of hydrogen-bond acceptors (Lipinski definition) is 3. The molecule has 9 aromatic rings. The maximum Gasteiger partial charge on any atom is 0.159 e. The largest absolute Gasteiger partial charge is 0.344 e. The second-order valence-corrected chi connectivity index (χ2v) is 15.7. The molecule has 1 aliphatic heterocycles. The van der Waals surface area contributed by atoms with Gasteiger partial charge in [-0.25, -0.2) is 9.98 Å². The standard InChI is InChI=1S/C56H37N3/c1-4-17-36(18-5-1)51-43-26-11-10-23-41(43)35-50-52(51)46-32-31-40(34-49(46)56(50)47-29-14-12-27-44(47)45-28-13-15-30-48(45)56)39-24-16-25-42(33-39)55-58-53(37-19-6-2-7-20-37)57-54(59-55)38-21-8-3-9-22-38/h1-35,53H,(H,57,58,59). The molecule has 1 unspecified atom stereocenters. The molecule has 0 fully saturated rings. The molecule has 12 rings (SSSR count). The minimum Gasteiger partial charge on any atom is -0.344 e. The van der Waals surface area contributed by atoms with Crippen molar-refractivity contribution < 1.29 is 0 Å². The SMILES string of the molecule is c1ccc(C2=NC(c3ccccc3)NC(c3cccc(-c4ccc5c(c4)C4(c6ccccc6-c6ccccc64)c4cc6ccccc6c(-c6ccccc6)c4-5)c3)=N2)cc1. The molecule has 276 valence electrons. The Bertz CT molecular complexity index is 3140. The summed E-state index contributed by atoms with van der Waals surface area (Å²) in [5, 5.41) is 6.20. The van der Waals surface area contributed by atoms with Crippen molar-refractivity contribution in [2.24, 2.45) is 9.98 Å². The van der Waals surface area contributed by atoms with Crippen LogP contribution in [0.4, 0.5) is 0 Å². The van der Waals surface area contributed by atoms with E-state index in [2.05, 4.69) is 193 Å². The number of hydrogen-bond donors (Lipinski definition) is 1. The lowest BCUT2D eigenvalue weighted by molar-refractivity contribution is 0.674. The fourth-order valence-electron chi connectivity index (χ4n) is 10.0. The highest BCUT2D eigenvalue weighted by Crippen LogP contribution is 2.65. The summed E-state index contributed by atoms with van der Waals surface area (Å²) in [7, 11) is 0. The maximum absolute atomic E-state index is 5.15. The summed E-state index contributed by atoms with van der Waals surface area (Å²) in [6.07, 6.45) is -0.266. The van der Waals surface area contributed by atoms with Gasteiger partial charge in [0.15, 0.2) is 5.84 Å². The van der Waals surface area contributed by atoms with Gasteiger partial charge < -0.3 is 5.32 Å². The van der Waals surface area contributed by atoms with Crippen LogP contribution in [0.5, 0.6) is 0 Å². The van der Waals surface area contributed by atoms with E-state index < -0.39 is 5.41 Å². The molecule has 0 aromatic heterocycles. The van der Waals surface area contributed by atoms with Gasteiger partial charge in [-0.05, 0) is 101 Å². The van der Waals surface area contributed by atoms with Crippen LogP contribution in [-0.2, 0) is 5.41 Å². The summed E-state index contributed by atoms with van der Waals surface area (Å²) in [4.78, 5) is 10.2. The molecular formula is C56H37N3. The van der Waals surface area contributed by atoms with E-state index in [0.29, 0.717) is 0 Å². The zero-order valence-electron chi connectivity index (χ0n) is 32.2. The Morgan fingerprint density at radius 1 is 0.390 bits per heavy atom. The molecule has 3 heteroatoms. The quantitative estimate of drug-likeness (QED) is 0.187. The summed E-state index contributed by atoms with van der Waals surface area (Å²) >= 11 is 0. The molecule has 0 saturated heterocycles. The van der Waals surface area contributed by atoms with Crippen LogP contribution in [-0.4, -0.2) is 11.7 Å². The van der Waals surface area contributed by atoms with Gasteiger partial charge in [0.25, 0.3) is 0 Å². The van der Waals surface area contributed by atoms with E-state index in [1.807, 2.05) is 24.3 Å². The number of aliphatic imine (C=N–C) groups is 2. The molecule has 59 heavy (non-hydrogen) atoms.